The minimum atomic E-state index is -0.392. The summed E-state index contributed by atoms with van der Waals surface area (Å²) in [5.74, 6) is -0.392. The second-order valence-electron chi connectivity index (χ2n) is 3.66. The molecule has 1 atom stereocenters. The molecule has 0 unspecified atom stereocenters. The van der Waals surface area contributed by atoms with Crippen LogP contribution in [0.3, 0.4) is 0 Å². The summed E-state index contributed by atoms with van der Waals surface area (Å²) in [4.78, 5) is 2.70. The molecule has 0 bridgehead atoms. The van der Waals surface area contributed by atoms with Crippen molar-refractivity contribution in [1.29, 1.82) is 5.26 Å². The van der Waals surface area contributed by atoms with Crippen molar-refractivity contribution in [2.75, 3.05) is 6.54 Å². The average Bonchev–Trinajstić information content (AvgIpc) is 2.40. The third-order valence-electron chi connectivity index (χ3n) is 2.68. The summed E-state index contributed by atoms with van der Waals surface area (Å²) < 4.78 is 0. The van der Waals surface area contributed by atoms with Crippen LogP contribution in [0, 0.1) is 11.3 Å². The molecule has 0 saturated heterocycles. The fourth-order valence-corrected chi connectivity index (χ4v) is 1.88. The van der Waals surface area contributed by atoms with Crippen LogP contribution in [0.15, 0.2) is 47.6 Å². The molecule has 2 rings (SSSR count). The number of benzene rings is 2. The lowest BCUT2D eigenvalue weighted by Crippen LogP contribution is -2.00. The molecule has 0 amide bonds. The Kier molecular flexibility index (Phi) is 3.25. The van der Waals surface area contributed by atoms with Gasteiger partial charge in [0.25, 0.3) is 0 Å². The lowest BCUT2D eigenvalue weighted by molar-refractivity contribution is 0.862. The van der Waals surface area contributed by atoms with Crippen LogP contribution in [-0.2, 0) is 0 Å². The Hall–Kier alpha value is -2.50. The number of rotatable bonds is 3. The van der Waals surface area contributed by atoms with E-state index >= 15 is 0 Å². The molecule has 2 aromatic rings. The van der Waals surface area contributed by atoms with Crippen molar-refractivity contribution in [3.63, 3.8) is 0 Å². The van der Waals surface area contributed by atoms with E-state index < -0.39 is 5.92 Å². The van der Waals surface area contributed by atoms with Crippen molar-refractivity contribution >= 4 is 10.8 Å². The molecule has 17 heavy (non-hydrogen) atoms. The molecule has 2 aromatic carbocycles. The van der Waals surface area contributed by atoms with Crippen LogP contribution in [0.5, 0.6) is 0 Å². The van der Waals surface area contributed by atoms with Gasteiger partial charge in [0.1, 0.15) is 0 Å². The Bertz CT molecular complexity index is 615. The van der Waals surface area contributed by atoms with Gasteiger partial charge in [0.05, 0.1) is 12.0 Å². The minimum Gasteiger partial charge on any atom is -0.198 e. The predicted octanol–water partition coefficient (Wildman–Crippen LogP) is 3.76. The summed E-state index contributed by atoms with van der Waals surface area (Å²) in [7, 11) is 0. The molecule has 0 saturated carbocycles. The Morgan fingerprint density at radius 3 is 2.76 bits per heavy atom. The number of fused-ring (bicyclic) bond motifs is 1. The van der Waals surface area contributed by atoms with E-state index in [1.54, 1.807) is 0 Å². The topological polar surface area (TPSA) is 72.5 Å². The smallest absolute Gasteiger partial charge is 0.0774 e. The fraction of sp³-hybridized carbons (Fsp3) is 0.154. The molecule has 4 nitrogen and oxygen atoms in total. The number of hydrogen-bond donors (Lipinski definition) is 0. The van der Waals surface area contributed by atoms with Crippen LogP contribution in [-0.4, -0.2) is 6.54 Å². The van der Waals surface area contributed by atoms with Crippen molar-refractivity contribution in [3.8, 4) is 6.07 Å². The van der Waals surface area contributed by atoms with Crippen molar-refractivity contribution in [1.82, 2.24) is 0 Å². The average molecular weight is 222 g/mol. The van der Waals surface area contributed by atoms with Gasteiger partial charge in [-0.3, -0.25) is 0 Å². The third kappa shape index (κ3) is 2.20. The van der Waals surface area contributed by atoms with E-state index in [0.717, 1.165) is 16.3 Å². The van der Waals surface area contributed by atoms with Crippen molar-refractivity contribution < 1.29 is 0 Å². The van der Waals surface area contributed by atoms with Crippen LogP contribution in [0.4, 0.5) is 0 Å². The van der Waals surface area contributed by atoms with Crippen molar-refractivity contribution in [2.45, 2.75) is 5.92 Å². The zero-order valence-corrected chi connectivity index (χ0v) is 9.11. The lowest BCUT2D eigenvalue weighted by atomic mass is 9.94. The zero-order chi connectivity index (χ0) is 12.1. The molecule has 0 aliphatic rings. The van der Waals surface area contributed by atoms with Gasteiger partial charge in [-0.25, -0.2) is 0 Å². The van der Waals surface area contributed by atoms with E-state index in [2.05, 4.69) is 16.1 Å². The van der Waals surface area contributed by atoms with Gasteiger partial charge < -0.3 is 0 Å². The van der Waals surface area contributed by atoms with Gasteiger partial charge >= 0.3 is 0 Å². The molecule has 0 aliphatic carbocycles. The molecule has 0 spiro atoms. The summed E-state index contributed by atoms with van der Waals surface area (Å²) in [6.45, 7) is 0.168. The molecule has 0 aromatic heterocycles. The molecule has 4 heteroatoms. The van der Waals surface area contributed by atoms with Crippen LogP contribution >= 0.6 is 0 Å². The maximum atomic E-state index is 9.13. The van der Waals surface area contributed by atoms with E-state index in [0.29, 0.717) is 0 Å². The van der Waals surface area contributed by atoms with Gasteiger partial charge in [0, 0.05) is 11.5 Å². The second kappa shape index (κ2) is 5.02. The second-order valence-corrected chi connectivity index (χ2v) is 3.66. The largest absolute Gasteiger partial charge is 0.198 e. The third-order valence-corrected chi connectivity index (χ3v) is 2.68. The SMILES string of the molecule is N#C[C@@H](CN=[N+]=[N-])c1cccc2ccccc12. The monoisotopic (exact) mass is 222 g/mol. The first-order valence-corrected chi connectivity index (χ1v) is 5.25. The quantitative estimate of drug-likeness (QED) is 0.442. The maximum Gasteiger partial charge on any atom is 0.0774 e. The molecule has 0 N–H and O–H groups in total. The molecule has 0 radical (unpaired) electrons. The van der Waals surface area contributed by atoms with E-state index in [-0.39, 0.29) is 6.54 Å². The normalized spacial score (nSPS) is 11.5. The maximum absolute atomic E-state index is 9.13. The Labute approximate surface area is 98.7 Å². The van der Waals surface area contributed by atoms with Crippen molar-refractivity contribution in [2.24, 2.45) is 5.11 Å². The summed E-state index contributed by atoms with van der Waals surface area (Å²) in [6.07, 6.45) is 0. The standard InChI is InChI=1S/C13H10N4/c14-8-11(9-16-17-15)13-7-3-5-10-4-1-2-6-12(10)13/h1-7,11H,9H2/t11-/m0/s1. The number of azide groups is 1. The zero-order valence-electron chi connectivity index (χ0n) is 9.11. The molecule has 82 valence electrons. The number of hydrogen-bond acceptors (Lipinski definition) is 2. The highest BCUT2D eigenvalue weighted by Gasteiger charge is 2.12. The molecular formula is C13H10N4. The van der Waals surface area contributed by atoms with Crippen LogP contribution in [0.25, 0.3) is 21.2 Å². The van der Waals surface area contributed by atoms with Gasteiger partial charge in [-0.1, -0.05) is 47.6 Å². The van der Waals surface area contributed by atoms with Crippen LogP contribution in [0.1, 0.15) is 11.5 Å². The summed E-state index contributed by atoms with van der Waals surface area (Å²) in [5.41, 5.74) is 9.23. The first-order chi connectivity index (χ1) is 8.36. The Balaban J connectivity index is 2.54. The lowest BCUT2D eigenvalue weighted by Gasteiger charge is -2.09. The highest BCUT2D eigenvalue weighted by Crippen LogP contribution is 2.25. The van der Waals surface area contributed by atoms with Gasteiger partial charge in [0.2, 0.25) is 0 Å². The predicted molar refractivity (Wildman–Crippen MR) is 66.3 cm³/mol. The molecule has 0 fully saturated rings. The van der Waals surface area contributed by atoms with Gasteiger partial charge in [0.15, 0.2) is 0 Å². The van der Waals surface area contributed by atoms with Gasteiger partial charge in [-0.15, -0.1) is 0 Å². The van der Waals surface area contributed by atoms with Crippen LogP contribution < -0.4 is 0 Å². The highest BCUT2D eigenvalue weighted by molar-refractivity contribution is 5.86. The van der Waals surface area contributed by atoms with E-state index in [1.807, 2.05) is 42.5 Å². The van der Waals surface area contributed by atoms with E-state index in [9.17, 15) is 0 Å². The first-order valence-electron chi connectivity index (χ1n) is 5.25. The number of nitrogens with zero attached hydrogens (tertiary/aromatic N) is 4. The Morgan fingerprint density at radius 1 is 1.24 bits per heavy atom. The first kappa shape index (κ1) is 11.0. The Morgan fingerprint density at radius 2 is 2.00 bits per heavy atom. The van der Waals surface area contributed by atoms with Crippen LogP contribution in [0.2, 0.25) is 0 Å². The van der Waals surface area contributed by atoms with E-state index in [4.69, 9.17) is 10.8 Å². The fourth-order valence-electron chi connectivity index (χ4n) is 1.88. The number of nitriles is 1. The summed E-state index contributed by atoms with van der Waals surface area (Å²) in [6, 6.07) is 15.9. The van der Waals surface area contributed by atoms with E-state index in [1.165, 1.54) is 0 Å². The van der Waals surface area contributed by atoms with Gasteiger partial charge in [-0.2, -0.15) is 5.26 Å². The highest BCUT2D eigenvalue weighted by atomic mass is 15.1. The molecule has 0 aliphatic heterocycles. The minimum absolute atomic E-state index is 0.168. The molecular weight excluding hydrogens is 212 g/mol. The van der Waals surface area contributed by atoms with Gasteiger partial charge in [-0.05, 0) is 21.9 Å². The summed E-state index contributed by atoms with van der Waals surface area (Å²) >= 11 is 0. The van der Waals surface area contributed by atoms with Crippen molar-refractivity contribution in [3.05, 3.63) is 58.5 Å². The molecule has 0 heterocycles. The summed E-state index contributed by atoms with van der Waals surface area (Å²) in [5, 5.41) is 14.7.